The van der Waals surface area contributed by atoms with Gasteiger partial charge in [0.05, 0.1) is 22.4 Å². The molecular formula is C50H34N2. The quantitative estimate of drug-likeness (QED) is 0.157. The molecule has 10 aromatic rings. The predicted octanol–water partition coefficient (Wildman–Crippen LogP) is 13.4. The third-order valence-corrected chi connectivity index (χ3v) is 10.2. The molecule has 0 fully saturated rings. The van der Waals surface area contributed by atoms with Gasteiger partial charge in [-0.15, -0.1) is 0 Å². The average Bonchev–Trinajstić information content (AvgIpc) is 3.80. The van der Waals surface area contributed by atoms with Crippen LogP contribution in [0.4, 0.5) is 0 Å². The van der Waals surface area contributed by atoms with E-state index in [1.54, 1.807) is 0 Å². The molecule has 0 radical (unpaired) electrons. The van der Waals surface area contributed by atoms with Crippen molar-refractivity contribution in [2.45, 2.75) is 0 Å². The van der Waals surface area contributed by atoms with E-state index in [-0.39, 0.29) is 0 Å². The fourth-order valence-corrected chi connectivity index (χ4v) is 7.69. The maximum absolute atomic E-state index is 2.36. The molecule has 0 atom stereocenters. The topological polar surface area (TPSA) is 9.86 Å². The molecular weight excluding hydrogens is 629 g/mol. The van der Waals surface area contributed by atoms with Crippen molar-refractivity contribution in [3.63, 3.8) is 0 Å². The first-order valence-corrected chi connectivity index (χ1v) is 17.8. The molecule has 0 aliphatic rings. The van der Waals surface area contributed by atoms with Gasteiger partial charge in [0.1, 0.15) is 0 Å². The first-order valence-electron chi connectivity index (χ1n) is 17.8. The second-order valence-electron chi connectivity index (χ2n) is 13.5. The number of hydrogen-bond donors (Lipinski definition) is 0. The fourth-order valence-electron chi connectivity index (χ4n) is 7.69. The van der Waals surface area contributed by atoms with Crippen LogP contribution in [-0.2, 0) is 0 Å². The van der Waals surface area contributed by atoms with Gasteiger partial charge in [0.15, 0.2) is 0 Å². The van der Waals surface area contributed by atoms with E-state index in [2.05, 4.69) is 215 Å². The van der Waals surface area contributed by atoms with Crippen molar-refractivity contribution in [2.75, 3.05) is 0 Å². The third-order valence-electron chi connectivity index (χ3n) is 10.2. The number of nitrogens with zero attached hydrogens (tertiary/aromatic N) is 2. The summed E-state index contributed by atoms with van der Waals surface area (Å²) in [5.41, 5.74) is 11.9. The maximum Gasteiger partial charge on any atom is 0.0541 e. The van der Waals surface area contributed by atoms with Gasteiger partial charge in [0, 0.05) is 22.1 Å². The van der Waals surface area contributed by atoms with Crippen molar-refractivity contribution in [2.24, 2.45) is 0 Å². The Bertz CT molecular complexity index is 2740. The predicted molar refractivity (Wildman–Crippen MR) is 221 cm³/mol. The van der Waals surface area contributed by atoms with Crippen molar-refractivity contribution in [1.82, 2.24) is 9.13 Å². The molecule has 10 rings (SSSR count). The van der Waals surface area contributed by atoms with Crippen molar-refractivity contribution >= 4 is 55.5 Å². The van der Waals surface area contributed by atoms with E-state index in [4.69, 9.17) is 0 Å². The molecule has 52 heavy (non-hydrogen) atoms. The minimum Gasteiger partial charge on any atom is -0.309 e. The van der Waals surface area contributed by atoms with Crippen LogP contribution < -0.4 is 0 Å². The first kappa shape index (κ1) is 30.0. The molecule has 0 N–H and O–H groups in total. The van der Waals surface area contributed by atoms with E-state index in [1.807, 2.05) is 0 Å². The molecule has 0 unspecified atom stereocenters. The Balaban J connectivity index is 0.943. The van der Waals surface area contributed by atoms with Gasteiger partial charge in [0.25, 0.3) is 0 Å². The Morgan fingerprint density at radius 3 is 1.13 bits per heavy atom. The summed E-state index contributed by atoms with van der Waals surface area (Å²) >= 11 is 0. The molecule has 0 aliphatic heterocycles. The third kappa shape index (κ3) is 5.30. The van der Waals surface area contributed by atoms with E-state index >= 15 is 0 Å². The van der Waals surface area contributed by atoms with Gasteiger partial charge in [-0.1, -0.05) is 133 Å². The zero-order valence-corrected chi connectivity index (χ0v) is 28.5. The molecule has 2 nitrogen and oxygen atoms in total. The van der Waals surface area contributed by atoms with Gasteiger partial charge in [-0.05, 0) is 117 Å². The molecule has 2 aromatic heterocycles. The highest BCUT2D eigenvalue weighted by atomic mass is 15.0. The van der Waals surface area contributed by atoms with Gasteiger partial charge in [-0.3, -0.25) is 0 Å². The largest absolute Gasteiger partial charge is 0.309 e. The summed E-state index contributed by atoms with van der Waals surface area (Å²) in [6.07, 6.45) is 4.43. The minimum absolute atomic E-state index is 1.17. The van der Waals surface area contributed by atoms with Crippen LogP contribution in [0.1, 0.15) is 11.1 Å². The SMILES string of the molecule is C(=Cc1ccc2cc(-c3cc4ccccc4n3-c3ccccc3)ccc2c1)c1ccc2cc(-c3cc4ccccc4n3-c3ccccc3)ccc2c1. The Labute approximate surface area is 302 Å². The summed E-state index contributed by atoms with van der Waals surface area (Å²) in [5.74, 6) is 0. The van der Waals surface area contributed by atoms with Gasteiger partial charge in [-0.25, -0.2) is 0 Å². The van der Waals surface area contributed by atoms with E-state index in [0.717, 1.165) is 0 Å². The van der Waals surface area contributed by atoms with Crippen molar-refractivity contribution in [3.05, 3.63) is 205 Å². The number of fused-ring (bicyclic) bond motifs is 4. The second-order valence-corrected chi connectivity index (χ2v) is 13.5. The zero-order chi connectivity index (χ0) is 34.4. The Morgan fingerprint density at radius 1 is 0.288 bits per heavy atom. The summed E-state index contributed by atoms with van der Waals surface area (Å²) < 4.78 is 4.73. The van der Waals surface area contributed by atoms with Crippen LogP contribution in [0.5, 0.6) is 0 Å². The first-order chi connectivity index (χ1) is 25.7. The molecule has 8 aromatic carbocycles. The second kappa shape index (κ2) is 12.5. The van der Waals surface area contributed by atoms with Crippen LogP contribution in [0.2, 0.25) is 0 Å². The van der Waals surface area contributed by atoms with Crippen LogP contribution in [0, 0.1) is 0 Å². The normalized spacial score (nSPS) is 11.8. The monoisotopic (exact) mass is 662 g/mol. The number of rotatable bonds is 6. The lowest BCUT2D eigenvalue weighted by Gasteiger charge is -2.12. The van der Waals surface area contributed by atoms with E-state index in [9.17, 15) is 0 Å². The van der Waals surface area contributed by atoms with E-state index in [0.29, 0.717) is 0 Å². The van der Waals surface area contributed by atoms with Gasteiger partial charge >= 0.3 is 0 Å². The Morgan fingerprint density at radius 2 is 0.673 bits per heavy atom. The van der Waals surface area contributed by atoms with Crippen molar-refractivity contribution < 1.29 is 0 Å². The summed E-state index contributed by atoms with van der Waals surface area (Å²) in [5, 5.41) is 7.39. The zero-order valence-electron chi connectivity index (χ0n) is 28.5. The van der Waals surface area contributed by atoms with Crippen LogP contribution in [0.15, 0.2) is 194 Å². The van der Waals surface area contributed by atoms with Crippen LogP contribution in [0.25, 0.3) is 89.4 Å². The number of benzene rings is 8. The summed E-state index contributed by atoms with van der Waals surface area (Å²) in [7, 11) is 0. The molecule has 2 heteroatoms. The van der Waals surface area contributed by atoms with Crippen LogP contribution in [0.3, 0.4) is 0 Å². The molecule has 244 valence electrons. The molecule has 2 heterocycles. The minimum atomic E-state index is 1.17. The van der Waals surface area contributed by atoms with E-state index < -0.39 is 0 Å². The molecule has 0 bridgehead atoms. The molecule has 0 saturated carbocycles. The molecule has 0 aliphatic carbocycles. The number of aromatic nitrogens is 2. The standard InChI is InChI=1S/C50H34N2/c1-3-13-45(14-4-1)51-47-17-9-7-11-41(47)33-49(51)43-27-25-37-29-35(21-23-39(37)31-43)19-20-36-22-24-40-32-44(28-26-38(40)30-36)50-34-42-12-8-10-18-48(42)52(50)46-15-5-2-6-16-46/h1-34H. The lowest BCUT2D eigenvalue weighted by atomic mass is 10.0. The smallest absolute Gasteiger partial charge is 0.0541 e. The summed E-state index contributed by atoms with van der Waals surface area (Å²) in [6.45, 7) is 0. The molecule has 0 spiro atoms. The average molecular weight is 663 g/mol. The highest BCUT2D eigenvalue weighted by Gasteiger charge is 2.14. The van der Waals surface area contributed by atoms with Crippen LogP contribution in [-0.4, -0.2) is 9.13 Å². The van der Waals surface area contributed by atoms with Gasteiger partial charge in [-0.2, -0.15) is 0 Å². The molecule has 0 saturated heterocycles. The van der Waals surface area contributed by atoms with Gasteiger partial charge < -0.3 is 9.13 Å². The van der Waals surface area contributed by atoms with E-state index in [1.165, 1.54) is 88.4 Å². The number of para-hydroxylation sites is 4. The lowest BCUT2D eigenvalue weighted by Crippen LogP contribution is -1.96. The van der Waals surface area contributed by atoms with Crippen molar-refractivity contribution in [1.29, 1.82) is 0 Å². The number of hydrogen-bond acceptors (Lipinski definition) is 0. The Kier molecular flexibility index (Phi) is 7.18. The van der Waals surface area contributed by atoms with Crippen molar-refractivity contribution in [3.8, 4) is 33.9 Å². The maximum atomic E-state index is 2.36. The summed E-state index contributed by atoms with van der Waals surface area (Å²) in [4.78, 5) is 0. The van der Waals surface area contributed by atoms with Crippen LogP contribution >= 0.6 is 0 Å². The fraction of sp³-hybridized carbons (Fsp3) is 0. The van der Waals surface area contributed by atoms with Gasteiger partial charge in [0.2, 0.25) is 0 Å². The Hall–Kier alpha value is -6.90. The molecule has 0 amide bonds. The highest BCUT2D eigenvalue weighted by molar-refractivity contribution is 5.95. The lowest BCUT2D eigenvalue weighted by molar-refractivity contribution is 1.13. The summed E-state index contributed by atoms with van der Waals surface area (Å²) in [6, 6.07) is 70.2. The highest BCUT2D eigenvalue weighted by Crippen LogP contribution is 2.35.